The zero-order chi connectivity index (χ0) is 12.5. The van der Waals surface area contributed by atoms with Gasteiger partial charge in [0, 0.05) is 0 Å². The van der Waals surface area contributed by atoms with Gasteiger partial charge in [-0.15, -0.1) is 0 Å². The summed E-state index contributed by atoms with van der Waals surface area (Å²) in [6.07, 6.45) is -3.18. The van der Waals surface area contributed by atoms with E-state index in [1.807, 2.05) is 0 Å². The molecule has 0 amide bonds. The summed E-state index contributed by atoms with van der Waals surface area (Å²) in [5, 5.41) is 9.14. The summed E-state index contributed by atoms with van der Waals surface area (Å²) in [7, 11) is 0. The summed E-state index contributed by atoms with van der Waals surface area (Å²) < 4.78 is 24.9. The zero-order valence-electron chi connectivity index (χ0n) is 7.49. The summed E-state index contributed by atoms with van der Waals surface area (Å²) >= 11 is 5.00. The Balaban J connectivity index is 3.60. The van der Waals surface area contributed by atoms with Gasteiger partial charge in [0.25, 0.3) is 17.4 Å². The summed E-state index contributed by atoms with van der Waals surface area (Å²) in [6.45, 7) is 0. The molecule has 6 nitrogen and oxygen atoms in total. The average Bonchev–Trinajstić information content (AvgIpc) is 2.15. The summed E-state index contributed by atoms with van der Waals surface area (Å²) in [5.41, 5.74) is 2.19. The second-order valence-electron chi connectivity index (χ2n) is 2.66. The van der Waals surface area contributed by atoms with Crippen molar-refractivity contribution in [3.05, 3.63) is 27.4 Å². The first-order valence-corrected chi connectivity index (χ1v) is 4.15. The highest BCUT2D eigenvalue weighted by molar-refractivity contribution is 6.68. The molecule has 0 aliphatic heterocycles. The average molecular weight is 252 g/mol. The minimum Gasteiger partial charge on any atom is -0.383 e. The number of nitrogens with two attached hydrogens (primary N) is 1. The lowest BCUT2D eigenvalue weighted by Crippen LogP contribution is -2.08. The Morgan fingerprint density at radius 3 is 2.56 bits per heavy atom. The lowest BCUT2D eigenvalue weighted by Gasteiger charge is -2.05. The molecule has 2 N–H and O–H groups in total. The molecule has 0 bridgehead atoms. The highest BCUT2D eigenvalue weighted by Gasteiger charge is 2.29. The molecule has 1 aromatic heterocycles. The van der Waals surface area contributed by atoms with E-state index in [9.17, 15) is 23.7 Å². The van der Waals surface area contributed by atoms with Crippen LogP contribution < -0.4 is 5.73 Å². The number of hydrogen-bond acceptors (Lipinski definition) is 5. The number of pyridine rings is 1. The summed E-state index contributed by atoms with van der Waals surface area (Å²) in [5.74, 6) is -0.483. The van der Waals surface area contributed by atoms with Crippen molar-refractivity contribution < 1.29 is 18.5 Å². The predicted molar refractivity (Wildman–Crippen MR) is 50.4 cm³/mol. The smallest absolute Gasteiger partial charge is 0.287 e. The molecule has 0 aliphatic rings. The van der Waals surface area contributed by atoms with Crippen LogP contribution in [0.15, 0.2) is 6.07 Å². The first kappa shape index (κ1) is 12.2. The first-order valence-electron chi connectivity index (χ1n) is 3.77. The molecule has 1 aromatic rings. The minimum absolute atomic E-state index is 0.483. The Bertz CT molecular complexity index is 466. The van der Waals surface area contributed by atoms with E-state index in [2.05, 4.69) is 4.98 Å². The summed E-state index contributed by atoms with van der Waals surface area (Å²) in [4.78, 5) is 23.5. The molecule has 0 fully saturated rings. The fraction of sp³-hybridized carbons (Fsp3) is 0.143. The minimum atomic E-state index is -3.18. The lowest BCUT2D eigenvalue weighted by atomic mass is 10.1. The molecule has 86 valence electrons. The largest absolute Gasteiger partial charge is 0.383 e. The first-order chi connectivity index (χ1) is 7.34. The van der Waals surface area contributed by atoms with Gasteiger partial charge in [0.1, 0.15) is 17.1 Å². The molecule has 0 radical (unpaired) electrons. The van der Waals surface area contributed by atoms with Crippen LogP contribution in [0.4, 0.5) is 20.3 Å². The Hall–Kier alpha value is -1.83. The van der Waals surface area contributed by atoms with Gasteiger partial charge in [0.2, 0.25) is 0 Å². The Labute approximate surface area is 92.2 Å². The third-order valence-corrected chi connectivity index (χ3v) is 1.84. The van der Waals surface area contributed by atoms with Crippen LogP contribution >= 0.6 is 11.6 Å². The number of halogens is 3. The van der Waals surface area contributed by atoms with Crippen molar-refractivity contribution in [2.24, 2.45) is 0 Å². The molecule has 0 saturated heterocycles. The molecule has 16 heavy (non-hydrogen) atoms. The summed E-state index contributed by atoms with van der Waals surface area (Å²) in [6, 6.07) is 0.696. The fourth-order valence-corrected chi connectivity index (χ4v) is 1.27. The van der Waals surface area contributed by atoms with Crippen molar-refractivity contribution in [3.8, 4) is 0 Å². The van der Waals surface area contributed by atoms with Crippen LogP contribution in [0.25, 0.3) is 0 Å². The van der Waals surface area contributed by atoms with E-state index in [4.69, 9.17) is 17.3 Å². The number of carbonyl (C=O) groups excluding carboxylic acids is 1. The maximum absolute atomic E-state index is 12.5. The number of carbonyl (C=O) groups is 1. The predicted octanol–water partition coefficient (Wildman–Crippen LogP) is 1.89. The third-order valence-electron chi connectivity index (χ3n) is 1.65. The van der Waals surface area contributed by atoms with Gasteiger partial charge in [-0.2, -0.15) is 0 Å². The van der Waals surface area contributed by atoms with Gasteiger partial charge in [0.15, 0.2) is 0 Å². The van der Waals surface area contributed by atoms with Gasteiger partial charge in [-0.25, -0.2) is 13.8 Å². The van der Waals surface area contributed by atoms with Gasteiger partial charge >= 0.3 is 0 Å². The van der Waals surface area contributed by atoms with Crippen molar-refractivity contribution in [1.29, 1.82) is 0 Å². The van der Waals surface area contributed by atoms with Crippen LogP contribution in [-0.2, 0) is 0 Å². The number of rotatable bonds is 3. The van der Waals surface area contributed by atoms with Crippen LogP contribution in [0, 0.1) is 10.1 Å². The lowest BCUT2D eigenvalue weighted by molar-refractivity contribution is -0.385. The second kappa shape index (κ2) is 4.35. The number of aromatic nitrogens is 1. The van der Waals surface area contributed by atoms with Crippen molar-refractivity contribution in [3.63, 3.8) is 0 Å². The maximum atomic E-state index is 12.5. The number of nitrogens with zero attached hydrogens (tertiary/aromatic N) is 2. The normalized spacial score (nSPS) is 10.5. The topological polar surface area (TPSA) is 99.1 Å². The van der Waals surface area contributed by atoms with Gasteiger partial charge in [0.05, 0.1) is 11.0 Å². The van der Waals surface area contributed by atoms with Crippen LogP contribution in [0.3, 0.4) is 0 Å². The van der Waals surface area contributed by atoms with Crippen molar-refractivity contribution >= 4 is 28.3 Å². The molecule has 0 unspecified atom stereocenters. The SMILES string of the molecule is Nc1cc([N+](=O)[O-])c(C(=O)Cl)c(C(F)F)n1. The Morgan fingerprint density at radius 2 is 2.19 bits per heavy atom. The number of nitrogen functional groups attached to an aromatic ring is 1. The molecule has 0 spiro atoms. The molecule has 0 aromatic carbocycles. The van der Waals surface area contributed by atoms with Gasteiger partial charge < -0.3 is 5.73 Å². The van der Waals surface area contributed by atoms with E-state index in [1.165, 1.54) is 0 Å². The van der Waals surface area contributed by atoms with E-state index in [1.54, 1.807) is 0 Å². The van der Waals surface area contributed by atoms with E-state index in [0.29, 0.717) is 6.07 Å². The number of nitro groups is 1. The van der Waals surface area contributed by atoms with Crippen LogP contribution in [0.1, 0.15) is 22.5 Å². The Morgan fingerprint density at radius 1 is 1.62 bits per heavy atom. The van der Waals surface area contributed by atoms with E-state index in [0.717, 1.165) is 0 Å². The molecule has 1 heterocycles. The molecule has 9 heteroatoms. The zero-order valence-corrected chi connectivity index (χ0v) is 8.24. The molecule has 0 aliphatic carbocycles. The highest BCUT2D eigenvalue weighted by atomic mass is 35.5. The van der Waals surface area contributed by atoms with Crippen LogP contribution in [-0.4, -0.2) is 15.1 Å². The van der Waals surface area contributed by atoms with Crippen molar-refractivity contribution in [1.82, 2.24) is 4.98 Å². The maximum Gasteiger partial charge on any atom is 0.287 e. The van der Waals surface area contributed by atoms with E-state index >= 15 is 0 Å². The van der Waals surface area contributed by atoms with E-state index in [-0.39, 0.29) is 0 Å². The number of hydrogen-bond donors (Lipinski definition) is 1. The van der Waals surface area contributed by atoms with Gasteiger partial charge in [-0.05, 0) is 11.6 Å². The van der Waals surface area contributed by atoms with E-state index < -0.39 is 39.4 Å². The quantitative estimate of drug-likeness (QED) is 0.502. The highest BCUT2D eigenvalue weighted by Crippen LogP contribution is 2.31. The van der Waals surface area contributed by atoms with Gasteiger partial charge in [-0.3, -0.25) is 14.9 Å². The molecule has 0 saturated carbocycles. The molecule has 0 atom stereocenters. The fourth-order valence-electron chi connectivity index (χ4n) is 1.07. The third kappa shape index (κ3) is 2.22. The second-order valence-corrected chi connectivity index (χ2v) is 3.00. The monoisotopic (exact) mass is 251 g/mol. The van der Waals surface area contributed by atoms with Crippen LogP contribution in [0.2, 0.25) is 0 Å². The molecule has 1 rings (SSSR count). The van der Waals surface area contributed by atoms with Gasteiger partial charge in [-0.1, -0.05) is 0 Å². The van der Waals surface area contributed by atoms with Crippen molar-refractivity contribution in [2.75, 3.05) is 5.73 Å². The molecular formula is C7H4ClF2N3O3. The Kier molecular flexibility index (Phi) is 3.33. The van der Waals surface area contributed by atoms with Crippen LogP contribution in [0.5, 0.6) is 0 Å². The standard InChI is InChI=1S/C7H4ClF2N3O3/c8-6(14)4-2(13(15)16)1-3(11)12-5(4)7(9)10/h1,7H,(H2,11,12). The van der Waals surface area contributed by atoms with Crippen molar-refractivity contribution in [2.45, 2.75) is 6.43 Å². The number of anilines is 1. The molecular weight excluding hydrogens is 248 g/mol. The number of alkyl halides is 2.